The van der Waals surface area contributed by atoms with Gasteiger partial charge in [0.25, 0.3) is 0 Å². The minimum absolute atomic E-state index is 0.143. The van der Waals surface area contributed by atoms with E-state index in [-0.39, 0.29) is 11.6 Å². The van der Waals surface area contributed by atoms with Crippen LogP contribution >= 0.6 is 11.6 Å². The van der Waals surface area contributed by atoms with E-state index in [0.29, 0.717) is 11.6 Å². The van der Waals surface area contributed by atoms with Crippen molar-refractivity contribution in [1.82, 2.24) is 4.98 Å². The Hall–Kier alpha value is -1.36. The van der Waals surface area contributed by atoms with Gasteiger partial charge in [0.15, 0.2) is 0 Å². The highest BCUT2D eigenvalue weighted by atomic mass is 35.5. The van der Waals surface area contributed by atoms with E-state index >= 15 is 0 Å². The zero-order valence-corrected chi connectivity index (χ0v) is 12.9. The van der Waals surface area contributed by atoms with Gasteiger partial charge in [-0.05, 0) is 44.0 Å². The molecule has 21 heavy (non-hydrogen) atoms. The fraction of sp³-hybridized carbons (Fsp3) is 0.438. The van der Waals surface area contributed by atoms with E-state index in [1.54, 1.807) is 6.20 Å². The van der Waals surface area contributed by atoms with Gasteiger partial charge in [-0.15, -0.1) is 0 Å². The molecule has 0 aliphatic carbocycles. The van der Waals surface area contributed by atoms with Crippen LogP contribution in [0.3, 0.4) is 0 Å². The Morgan fingerprint density at radius 3 is 3.10 bits per heavy atom. The Morgan fingerprint density at radius 1 is 1.48 bits per heavy atom. The van der Waals surface area contributed by atoms with Gasteiger partial charge in [0, 0.05) is 24.7 Å². The molecule has 2 unspecified atom stereocenters. The molecule has 0 radical (unpaired) electrons. The van der Waals surface area contributed by atoms with E-state index < -0.39 is 0 Å². The molecule has 1 aliphatic heterocycles. The highest BCUT2D eigenvalue weighted by Crippen LogP contribution is 2.33. The van der Waals surface area contributed by atoms with Gasteiger partial charge in [-0.2, -0.15) is 0 Å². The lowest BCUT2D eigenvalue weighted by molar-refractivity contribution is 0.000290. The second-order valence-corrected chi connectivity index (χ2v) is 6.15. The van der Waals surface area contributed by atoms with Crippen molar-refractivity contribution in [3.63, 3.8) is 0 Å². The minimum Gasteiger partial charge on any atom is -0.378 e. The Bertz CT molecular complexity index is 648. The molecule has 1 fully saturated rings. The lowest BCUT2D eigenvalue weighted by Gasteiger charge is -2.40. The maximum atomic E-state index is 6.25. The molecule has 1 aliphatic rings. The van der Waals surface area contributed by atoms with Crippen LogP contribution in [0.15, 0.2) is 30.5 Å². The summed E-state index contributed by atoms with van der Waals surface area (Å²) in [4.78, 5) is 4.47. The molecule has 3 N–H and O–H groups in total. The topological polar surface area (TPSA) is 60.2 Å². The number of ether oxygens (including phenoxy) is 1. The van der Waals surface area contributed by atoms with E-state index in [9.17, 15) is 0 Å². The molecule has 0 saturated carbocycles. The standard InChI is InChI=1S/C16H20ClN3O/c1-11-9-16(10-18,6-8-21-11)20-14-5-4-13(17)12-3-2-7-19-15(12)14/h2-5,7,11,20H,6,8-10,18H2,1H3. The van der Waals surface area contributed by atoms with Gasteiger partial charge in [0.1, 0.15) is 0 Å². The number of benzene rings is 1. The first-order chi connectivity index (χ1) is 10.1. The van der Waals surface area contributed by atoms with Crippen LogP contribution in [0.4, 0.5) is 5.69 Å². The lowest BCUT2D eigenvalue weighted by atomic mass is 9.86. The van der Waals surface area contributed by atoms with Crippen LogP contribution in [0.1, 0.15) is 19.8 Å². The Kier molecular flexibility index (Phi) is 4.02. The van der Waals surface area contributed by atoms with Crippen molar-refractivity contribution in [2.45, 2.75) is 31.4 Å². The number of nitrogens with one attached hydrogen (secondary N) is 1. The summed E-state index contributed by atoms with van der Waals surface area (Å²) in [6.07, 6.45) is 3.78. The van der Waals surface area contributed by atoms with Gasteiger partial charge in [-0.3, -0.25) is 4.98 Å². The molecule has 4 nitrogen and oxygen atoms in total. The van der Waals surface area contributed by atoms with E-state index in [1.165, 1.54) is 0 Å². The number of fused-ring (bicyclic) bond motifs is 1. The van der Waals surface area contributed by atoms with Crippen molar-refractivity contribution >= 4 is 28.2 Å². The molecule has 3 rings (SSSR count). The number of halogens is 1. The molecule has 1 aromatic carbocycles. The average molecular weight is 306 g/mol. The Labute approximate surface area is 129 Å². The molecule has 112 valence electrons. The first kappa shape index (κ1) is 14.6. The number of pyridine rings is 1. The predicted molar refractivity (Wildman–Crippen MR) is 86.8 cm³/mol. The van der Waals surface area contributed by atoms with Crippen LogP contribution in [-0.4, -0.2) is 29.8 Å². The van der Waals surface area contributed by atoms with Gasteiger partial charge in [0.2, 0.25) is 0 Å². The minimum atomic E-state index is -0.143. The number of anilines is 1. The summed E-state index contributed by atoms with van der Waals surface area (Å²) in [5.41, 5.74) is 7.78. The summed E-state index contributed by atoms with van der Waals surface area (Å²) in [7, 11) is 0. The molecule has 0 bridgehead atoms. The summed E-state index contributed by atoms with van der Waals surface area (Å²) in [5, 5.41) is 5.29. The molecular weight excluding hydrogens is 286 g/mol. The molecule has 1 saturated heterocycles. The Balaban J connectivity index is 1.99. The third-order valence-electron chi connectivity index (χ3n) is 4.17. The van der Waals surface area contributed by atoms with Crippen molar-refractivity contribution in [2.24, 2.45) is 5.73 Å². The fourth-order valence-electron chi connectivity index (χ4n) is 3.04. The first-order valence-electron chi connectivity index (χ1n) is 7.27. The summed E-state index contributed by atoms with van der Waals surface area (Å²) in [5.74, 6) is 0. The summed E-state index contributed by atoms with van der Waals surface area (Å²) in [6, 6.07) is 7.76. The van der Waals surface area contributed by atoms with Gasteiger partial charge >= 0.3 is 0 Å². The van der Waals surface area contributed by atoms with E-state index in [2.05, 4.69) is 17.2 Å². The largest absolute Gasteiger partial charge is 0.378 e. The second kappa shape index (κ2) is 5.79. The van der Waals surface area contributed by atoms with Crippen molar-refractivity contribution in [1.29, 1.82) is 0 Å². The SMILES string of the molecule is CC1CC(CN)(Nc2ccc(Cl)c3cccnc23)CCO1. The van der Waals surface area contributed by atoms with Gasteiger partial charge in [-0.1, -0.05) is 11.6 Å². The van der Waals surface area contributed by atoms with Crippen LogP contribution in [0.2, 0.25) is 5.02 Å². The normalized spacial score (nSPS) is 26.0. The lowest BCUT2D eigenvalue weighted by Crippen LogP contribution is -2.51. The van der Waals surface area contributed by atoms with Gasteiger partial charge in [0.05, 0.1) is 27.9 Å². The summed E-state index contributed by atoms with van der Waals surface area (Å²) in [6.45, 7) is 3.38. The van der Waals surface area contributed by atoms with Crippen LogP contribution in [0, 0.1) is 0 Å². The van der Waals surface area contributed by atoms with Crippen molar-refractivity contribution in [3.05, 3.63) is 35.5 Å². The number of aromatic nitrogens is 1. The monoisotopic (exact) mass is 305 g/mol. The second-order valence-electron chi connectivity index (χ2n) is 5.74. The molecule has 0 spiro atoms. The van der Waals surface area contributed by atoms with E-state index in [0.717, 1.165) is 36.0 Å². The number of hydrogen-bond acceptors (Lipinski definition) is 4. The summed E-state index contributed by atoms with van der Waals surface area (Å²) >= 11 is 6.25. The van der Waals surface area contributed by atoms with Crippen molar-refractivity contribution in [3.8, 4) is 0 Å². The number of nitrogens with two attached hydrogens (primary N) is 1. The average Bonchev–Trinajstić information content (AvgIpc) is 2.50. The quantitative estimate of drug-likeness (QED) is 0.914. The van der Waals surface area contributed by atoms with Crippen molar-refractivity contribution in [2.75, 3.05) is 18.5 Å². The molecule has 2 atom stereocenters. The number of hydrogen-bond donors (Lipinski definition) is 2. The number of rotatable bonds is 3. The van der Waals surface area contributed by atoms with Gasteiger partial charge in [-0.25, -0.2) is 0 Å². The van der Waals surface area contributed by atoms with Crippen LogP contribution in [0.25, 0.3) is 10.9 Å². The maximum Gasteiger partial charge on any atom is 0.0948 e. The Morgan fingerprint density at radius 2 is 2.33 bits per heavy atom. The molecule has 1 aromatic heterocycles. The molecule has 2 heterocycles. The molecular formula is C16H20ClN3O. The van der Waals surface area contributed by atoms with E-state index in [4.69, 9.17) is 22.1 Å². The number of nitrogens with zero attached hydrogens (tertiary/aromatic N) is 1. The molecule has 0 amide bonds. The maximum absolute atomic E-state index is 6.25. The highest BCUT2D eigenvalue weighted by Gasteiger charge is 2.34. The molecule has 2 aromatic rings. The van der Waals surface area contributed by atoms with Crippen LogP contribution in [0.5, 0.6) is 0 Å². The third-order valence-corrected chi connectivity index (χ3v) is 4.50. The van der Waals surface area contributed by atoms with Crippen molar-refractivity contribution < 1.29 is 4.74 Å². The molecule has 5 heteroatoms. The highest BCUT2D eigenvalue weighted by molar-refractivity contribution is 6.35. The first-order valence-corrected chi connectivity index (χ1v) is 7.64. The van der Waals surface area contributed by atoms with E-state index in [1.807, 2.05) is 24.3 Å². The zero-order chi connectivity index (χ0) is 14.9. The van der Waals surface area contributed by atoms with Crippen LogP contribution in [-0.2, 0) is 4.74 Å². The van der Waals surface area contributed by atoms with Gasteiger partial charge < -0.3 is 15.8 Å². The smallest absolute Gasteiger partial charge is 0.0948 e. The summed E-state index contributed by atoms with van der Waals surface area (Å²) < 4.78 is 5.65. The predicted octanol–water partition coefficient (Wildman–Crippen LogP) is 3.20. The zero-order valence-electron chi connectivity index (χ0n) is 12.1. The fourth-order valence-corrected chi connectivity index (χ4v) is 3.26. The third kappa shape index (κ3) is 2.84. The van der Waals surface area contributed by atoms with Crippen LogP contribution < -0.4 is 11.1 Å².